The van der Waals surface area contributed by atoms with Crippen LogP contribution in [0.15, 0.2) is 33.4 Å². The Morgan fingerprint density at radius 3 is 2.60 bits per heavy atom. The van der Waals surface area contributed by atoms with E-state index in [1.165, 1.54) is 0 Å². The van der Waals surface area contributed by atoms with Crippen molar-refractivity contribution in [3.8, 4) is 0 Å². The minimum atomic E-state index is -0.262. The van der Waals surface area contributed by atoms with Crippen LogP contribution in [0.4, 0.5) is 4.39 Å². The highest BCUT2D eigenvalue weighted by Gasteiger charge is 2.22. The monoisotopic (exact) mass is 339 g/mol. The first kappa shape index (κ1) is 15.3. The predicted octanol–water partition coefficient (Wildman–Crippen LogP) is 4.89. The van der Waals surface area contributed by atoms with Gasteiger partial charge in [-0.2, -0.15) is 0 Å². The average Bonchev–Trinajstić information content (AvgIpc) is 2.78. The summed E-state index contributed by atoms with van der Waals surface area (Å²) in [7, 11) is 0. The summed E-state index contributed by atoms with van der Waals surface area (Å²) in [4.78, 5) is 0. The summed E-state index contributed by atoms with van der Waals surface area (Å²) in [6.45, 7) is 6.72. The fraction of sp³-hybridized carbons (Fsp3) is 0.375. The van der Waals surface area contributed by atoms with Crippen molar-refractivity contribution in [3.05, 3.63) is 57.2 Å². The van der Waals surface area contributed by atoms with Gasteiger partial charge in [-0.3, -0.25) is 0 Å². The normalized spacial score (nSPS) is 12.7. The molecule has 2 rings (SSSR count). The number of hydrogen-bond donors (Lipinski definition) is 1. The van der Waals surface area contributed by atoms with Gasteiger partial charge in [0, 0.05) is 5.56 Å². The van der Waals surface area contributed by atoms with Crippen LogP contribution in [0.25, 0.3) is 0 Å². The minimum absolute atomic E-state index is 0.191. The van der Waals surface area contributed by atoms with E-state index in [0.717, 1.165) is 29.9 Å². The number of nitrogens with one attached hydrogen (secondary N) is 1. The Bertz CT molecular complexity index is 571. The molecule has 2 aromatic rings. The molecule has 1 N–H and O–H groups in total. The summed E-state index contributed by atoms with van der Waals surface area (Å²) in [6, 6.07) is 7.01. The largest absolute Gasteiger partial charge is 0.452 e. The van der Waals surface area contributed by atoms with Gasteiger partial charge < -0.3 is 9.73 Å². The number of halogens is 2. The number of aryl methyl sites for hydroxylation is 2. The molecule has 1 atom stereocenters. The van der Waals surface area contributed by atoms with Crippen molar-refractivity contribution in [2.45, 2.75) is 33.2 Å². The van der Waals surface area contributed by atoms with E-state index in [0.29, 0.717) is 10.2 Å². The first-order valence-electron chi connectivity index (χ1n) is 6.78. The molecule has 0 spiro atoms. The van der Waals surface area contributed by atoms with Gasteiger partial charge in [-0.15, -0.1) is 0 Å². The first-order valence-corrected chi connectivity index (χ1v) is 7.57. The molecular formula is C16H19BrFNO. The van der Waals surface area contributed by atoms with Gasteiger partial charge in [-0.25, -0.2) is 4.39 Å². The van der Waals surface area contributed by atoms with Gasteiger partial charge in [0.05, 0.1) is 6.04 Å². The zero-order chi connectivity index (χ0) is 14.7. The standard InChI is InChI=1S/C16H19BrFNO/c1-4-7-19-16(13-5-6-14(17)20-13)15-11(3)8-10(2)9-12(15)18/h5-6,8-9,16,19H,4,7H2,1-3H3. The Balaban J connectivity index is 2.46. The number of rotatable bonds is 5. The van der Waals surface area contributed by atoms with Crippen LogP contribution < -0.4 is 5.32 Å². The van der Waals surface area contributed by atoms with E-state index in [2.05, 4.69) is 28.2 Å². The zero-order valence-corrected chi connectivity index (χ0v) is 13.6. The molecule has 0 aliphatic heterocycles. The van der Waals surface area contributed by atoms with Crippen molar-refractivity contribution >= 4 is 15.9 Å². The number of hydrogen-bond acceptors (Lipinski definition) is 2. The van der Waals surface area contributed by atoms with E-state index in [1.807, 2.05) is 32.0 Å². The minimum Gasteiger partial charge on any atom is -0.452 e. The van der Waals surface area contributed by atoms with Crippen LogP contribution in [0.5, 0.6) is 0 Å². The molecule has 0 fully saturated rings. The number of benzene rings is 1. The average molecular weight is 340 g/mol. The highest BCUT2D eigenvalue weighted by atomic mass is 79.9. The molecule has 0 amide bonds. The highest BCUT2D eigenvalue weighted by Crippen LogP contribution is 2.30. The topological polar surface area (TPSA) is 25.2 Å². The second kappa shape index (κ2) is 6.55. The van der Waals surface area contributed by atoms with Crippen molar-refractivity contribution in [2.75, 3.05) is 6.54 Å². The maximum atomic E-state index is 14.4. The molecule has 0 radical (unpaired) electrons. The molecule has 0 saturated carbocycles. The Kier molecular flexibility index (Phi) is 5.00. The van der Waals surface area contributed by atoms with E-state index >= 15 is 0 Å². The molecular weight excluding hydrogens is 321 g/mol. The molecule has 4 heteroatoms. The zero-order valence-electron chi connectivity index (χ0n) is 12.0. The second-order valence-electron chi connectivity index (χ2n) is 5.01. The van der Waals surface area contributed by atoms with Crippen LogP contribution in [0.1, 0.15) is 41.8 Å². The van der Waals surface area contributed by atoms with Crippen molar-refractivity contribution in [1.29, 1.82) is 0 Å². The highest BCUT2D eigenvalue weighted by molar-refractivity contribution is 9.10. The van der Waals surface area contributed by atoms with Crippen molar-refractivity contribution in [3.63, 3.8) is 0 Å². The van der Waals surface area contributed by atoms with Crippen LogP contribution >= 0.6 is 15.9 Å². The molecule has 20 heavy (non-hydrogen) atoms. The Hall–Kier alpha value is -1.13. The van der Waals surface area contributed by atoms with E-state index in [4.69, 9.17) is 4.42 Å². The van der Waals surface area contributed by atoms with E-state index in [9.17, 15) is 4.39 Å². The molecule has 0 bridgehead atoms. The third-order valence-corrected chi connectivity index (χ3v) is 3.67. The van der Waals surface area contributed by atoms with E-state index < -0.39 is 0 Å². The smallest absolute Gasteiger partial charge is 0.169 e. The van der Waals surface area contributed by atoms with Crippen LogP contribution in [-0.2, 0) is 0 Å². The second-order valence-corrected chi connectivity index (χ2v) is 5.79. The van der Waals surface area contributed by atoms with Gasteiger partial charge in [-0.1, -0.05) is 13.0 Å². The summed E-state index contributed by atoms with van der Waals surface area (Å²) in [5.41, 5.74) is 2.52. The van der Waals surface area contributed by atoms with Crippen LogP contribution in [0.2, 0.25) is 0 Å². The molecule has 108 valence electrons. The lowest BCUT2D eigenvalue weighted by molar-refractivity contribution is 0.423. The van der Waals surface area contributed by atoms with Gasteiger partial charge in [0.2, 0.25) is 0 Å². The maximum Gasteiger partial charge on any atom is 0.169 e. The summed E-state index contributed by atoms with van der Waals surface area (Å²) in [6.07, 6.45) is 0.977. The van der Waals surface area contributed by atoms with Gasteiger partial charge >= 0.3 is 0 Å². The quantitative estimate of drug-likeness (QED) is 0.839. The molecule has 1 aromatic heterocycles. The lowest BCUT2D eigenvalue weighted by Gasteiger charge is -2.20. The molecule has 0 aliphatic carbocycles. The molecule has 0 aliphatic rings. The van der Waals surface area contributed by atoms with Crippen LogP contribution in [0, 0.1) is 19.7 Å². The first-order chi connectivity index (χ1) is 9.52. The van der Waals surface area contributed by atoms with Crippen molar-refractivity contribution in [2.24, 2.45) is 0 Å². The van der Waals surface area contributed by atoms with Crippen molar-refractivity contribution < 1.29 is 8.81 Å². The molecule has 1 heterocycles. The van der Waals surface area contributed by atoms with E-state index in [-0.39, 0.29) is 11.9 Å². The Morgan fingerprint density at radius 1 is 1.30 bits per heavy atom. The lowest BCUT2D eigenvalue weighted by Crippen LogP contribution is -2.24. The number of furan rings is 1. The summed E-state index contributed by atoms with van der Waals surface area (Å²) in [5, 5.41) is 3.36. The Morgan fingerprint density at radius 2 is 2.05 bits per heavy atom. The van der Waals surface area contributed by atoms with Crippen LogP contribution in [-0.4, -0.2) is 6.54 Å². The van der Waals surface area contributed by atoms with Gasteiger partial charge in [0.15, 0.2) is 4.67 Å². The summed E-state index contributed by atoms with van der Waals surface area (Å²) in [5.74, 6) is 0.528. The maximum absolute atomic E-state index is 14.4. The van der Waals surface area contributed by atoms with Gasteiger partial charge in [-0.05, 0) is 72.1 Å². The van der Waals surface area contributed by atoms with Gasteiger partial charge in [0.1, 0.15) is 11.6 Å². The molecule has 1 unspecified atom stereocenters. The fourth-order valence-electron chi connectivity index (χ4n) is 2.41. The third kappa shape index (κ3) is 3.30. The molecule has 2 nitrogen and oxygen atoms in total. The SMILES string of the molecule is CCCNC(c1ccc(Br)o1)c1c(C)cc(C)cc1F. The molecule has 1 aromatic carbocycles. The lowest BCUT2D eigenvalue weighted by atomic mass is 9.96. The predicted molar refractivity (Wildman–Crippen MR) is 82.4 cm³/mol. The van der Waals surface area contributed by atoms with E-state index in [1.54, 1.807) is 6.07 Å². The van der Waals surface area contributed by atoms with Crippen LogP contribution in [0.3, 0.4) is 0 Å². The van der Waals surface area contributed by atoms with Crippen molar-refractivity contribution in [1.82, 2.24) is 5.32 Å². The molecule has 0 saturated heterocycles. The third-order valence-electron chi connectivity index (χ3n) is 3.25. The van der Waals surface area contributed by atoms with Gasteiger partial charge in [0.25, 0.3) is 0 Å². The fourth-order valence-corrected chi connectivity index (χ4v) is 2.73. The Labute approximate surface area is 127 Å². The summed E-state index contributed by atoms with van der Waals surface area (Å²) >= 11 is 3.30. The summed E-state index contributed by atoms with van der Waals surface area (Å²) < 4.78 is 20.7.